The van der Waals surface area contributed by atoms with Crippen LogP contribution in [0.1, 0.15) is 166 Å². The summed E-state index contributed by atoms with van der Waals surface area (Å²) in [7, 11) is 0. The van der Waals surface area contributed by atoms with E-state index in [4.69, 9.17) is 0 Å². The molecule has 0 radical (unpaired) electrons. The van der Waals surface area contributed by atoms with Crippen molar-refractivity contribution < 1.29 is 0 Å². The van der Waals surface area contributed by atoms with E-state index in [1.165, 1.54) is 106 Å². The fourth-order valence-electron chi connectivity index (χ4n) is 6.10. The first-order chi connectivity index (χ1) is 21.3. The molecule has 45 heavy (non-hydrogen) atoms. The van der Waals surface area contributed by atoms with Gasteiger partial charge in [-0.15, -0.1) is 0 Å². The molecule has 2 atom stereocenters. The van der Waals surface area contributed by atoms with Gasteiger partial charge in [-0.1, -0.05) is 105 Å². The van der Waals surface area contributed by atoms with Crippen LogP contribution in [0.25, 0.3) is 0 Å². The van der Waals surface area contributed by atoms with Crippen molar-refractivity contribution >= 4 is 0 Å². The molecule has 0 amide bonds. The molecule has 252 valence electrons. The van der Waals surface area contributed by atoms with E-state index in [0.29, 0.717) is 0 Å². The van der Waals surface area contributed by atoms with E-state index in [9.17, 15) is 0 Å². The van der Waals surface area contributed by atoms with Crippen LogP contribution in [-0.4, -0.2) is 0 Å². The van der Waals surface area contributed by atoms with Gasteiger partial charge < -0.3 is 0 Å². The maximum absolute atomic E-state index is 4.24. The first-order valence-electron chi connectivity index (χ1n) is 18.2. The van der Waals surface area contributed by atoms with E-state index in [1.54, 1.807) is 33.4 Å². The minimum Gasteiger partial charge on any atom is -0.0996 e. The molecular formula is C45H72. The fraction of sp³-hybridized carbons (Fsp3) is 0.600. The molecule has 0 saturated carbocycles. The second-order valence-electron chi connectivity index (χ2n) is 14.9. The SMILES string of the molecule is C=C(CCC=C(C)C)C1CC=C(C)CC1.CC(C)=CC/C=C(\C)C1CC=C(C)CC1.CC(C)=CCC/C(C)=C1/CC=C(C)CC1. The normalized spacial score (nSPS) is 20.9. The summed E-state index contributed by atoms with van der Waals surface area (Å²) in [5.74, 6) is 1.55. The van der Waals surface area contributed by atoms with E-state index in [2.05, 4.69) is 125 Å². The average molecular weight is 613 g/mol. The lowest BCUT2D eigenvalue weighted by Gasteiger charge is -2.22. The Balaban J connectivity index is 0.000000337. The van der Waals surface area contributed by atoms with Crippen molar-refractivity contribution in [2.45, 2.75) is 166 Å². The fourth-order valence-corrected chi connectivity index (χ4v) is 6.10. The molecule has 0 aliphatic heterocycles. The maximum atomic E-state index is 4.24. The van der Waals surface area contributed by atoms with E-state index >= 15 is 0 Å². The van der Waals surface area contributed by atoms with Gasteiger partial charge in [0.2, 0.25) is 0 Å². The maximum Gasteiger partial charge on any atom is -0.0134 e. The monoisotopic (exact) mass is 613 g/mol. The highest BCUT2D eigenvalue weighted by Gasteiger charge is 2.15. The summed E-state index contributed by atoms with van der Waals surface area (Å²) in [5, 5.41) is 0. The molecule has 0 nitrogen and oxygen atoms in total. The zero-order chi connectivity index (χ0) is 33.8. The van der Waals surface area contributed by atoms with Gasteiger partial charge in [0.25, 0.3) is 0 Å². The second-order valence-corrected chi connectivity index (χ2v) is 14.9. The van der Waals surface area contributed by atoms with Crippen molar-refractivity contribution in [1.82, 2.24) is 0 Å². The second kappa shape index (κ2) is 23.1. The van der Waals surface area contributed by atoms with Gasteiger partial charge in [0.05, 0.1) is 0 Å². The summed E-state index contributed by atoms with van der Waals surface area (Å²) in [6.07, 6.45) is 33.9. The van der Waals surface area contributed by atoms with Crippen LogP contribution < -0.4 is 0 Å². The standard InChI is InChI=1S/3C15H24/c3*1-12(2)6-5-7-14(4)15-10-8-13(3)9-11-15/h6,8H,5,7,9-11H2,1-4H3;6-8,15H,5,9-11H2,1-4H3;6,8,15H,4-5,7,9-11H2,1-3H3/b15-14-;14-7+;. The molecule has 0 fully saturated rings. The summed E-state index contributed by atoms with van der Waals surface area (Å²) in [5.41, 5.74) is 15.3. The van der Waals surface area contributed by atoms with Crippen molar-refractivity contribution in [1.29, 1.82) is 0 Å². The topological polar surface area (TPSA) is 0 Å². The molecule has 0 aromatic heterocycles. The van der Waals surface area contributed by atoms with Crippen LogP contribution >= 0.6 is 0 Å². The summed E-state index contributed by atoms with van der Waals surface area (Å²) in [6, 6.07) is 0. The highest BCUT2D eigenvalue weighted by Crippen LogP contribution is 2.31. The highest BCUT2D eigenvalue weighted by atomic mass is 14.2. The van der Waals surface area contributed by atoms with Crippen LogP contribution in [-0.2, 0) is 0 Å². The minimum atomic E-state index is 0.749. The lowest BCUT2D eigenvalue weighted by molar-refractivity contribution is 0.524. The van der Waals surface area contributed by atoms with Gasteiger partial charge in [-0.25, -0.2) is 0 Å². The van der Waals surface area contributed by atoms with Crippen LogP contribution in [0.3, 0.4) is 0 Å². The summed E-state index contributed by atoms with van der Waals surface area (Å²) in [4.78, 5) is 0. The molecule has 0 spiro atoms. The molecule has 0 bridgehead atoms. The quantitative estimate of drug-likeness (QED) is 0.215. The Morgan fingerprint density at radius 2 is 1.13 bits per heavy atom. The number of hydrogen-bond donors (Lipinski definition) is 0. The van der Waals surface area contributed by atoms with Crippen LogP contribution in [0, 0.1) is 11.8 Å². The molecule has 0 heterocycles. The van der Waals surface area contributed by atoms with Crippen molar-refractivity contribution in [3.05, 3.63) is 105 Å². The smallest absolute Gasteiger partial charge is 0.0134 e. The lowest BCUT2D eigenvalue weighted by atomic mass is 9.84. The molecule has 0 saturated heterocycles. The summed E-state index contributed by atoms with van der Waals surface area (Å²) in [6.45, 7) is 28.6. The van der Waals surface area contributed by atoms with Gasteiger partial charge in [-0.3, -0.25) is 0 Å². The molecular weight excluding hydrogens is 540 g/mol. The first-order valence-corrected chi connectivity index (χ1v) is 18.2. The Morgan fingerprint density at radius 3 is 1.60 bits per heavy atom. The van der Waals surface area contributed by atoms with Crippen molar-refractivity contribution in [3.8, 4) is 0 Å². The van der Waals surface area contributed by atoms with Crippen LogP contribution in [0.15, 0.2) is 105 Å². The molecule has 2 unspecified atom stereocenters. The summed E-state index contributed by atoms with van der Waals surface area (Å²) >= 11 is 0. The Bertz CT molecular complexity index is 1150. The Kier molecular flexibility index (Phi) is 20.8. The van der Waals surface area contributed by atoms with E-state index in [1.807, 2.05) is 0 Å². The molecule has 3 rings (SSSR count). The Labute approximate surface area is 282 Å². The van der Waals surface area contributed by atoms with Gasteiger partial charge in [0, 0.05) is 0 Å². The lowest BCUT2D eigenvalue weighted by Crippen LogP contribution is -2.07. The zero-order valence-electron chi connectivity index (χ0n) is 31.8. The molecule has 3 aliphatic carbocycles. The van der Waals surface area contributed by atoms with E-state index in [0.717, 1.165) is 18.3 Å². The van der Waals surface area contributed by atoms with E-state index in [-0.39, 0.29) is 0 Å². The molecule has 0 N–H and O–H groups in total. The third kappa shape index (κ3) is 19.7. The van der Waals surface area contributed by atoms with Gasteiger partial charge in [-0.2, -0.15) is 0 Å². The third-order valence-corrected chi connectivity index (χ3v) is 9.67. The molecule has 0 aromatic carbocycles. The number of rotatable bonds is 10. The molecule has 0 aromatic rings. The van der Waals surface area contributed by atoms with Gasteiger partial charge in [0.15, 0.2) is 0 Å². The van der Waals surface area contributed by atoms with Crippen LogP contribution in [0.4, 0.5) is 0 Å². The highest BCUT2D eigenvalue weighted by molar-refractivity contribution is 5.23. The number of hydrogen-bond acceptors (Lipinski definition) is 0. The van der Waals surface area contributed by atoms with Crippen LogP contribution in [0.5, 0.6) is 0 Å². The average Bonchev–Trinajstić information content (AvgIpc) is 2.98. The Morgan fingerprint density at radius 1 is 0.622 bits per heavy atom. The molecule has 3 aliphatic rings. The third-order valence-electron chi connectivity index (χ3n) is 9.67. The van der Waals surface area contributed by atoms with E-state index < -0.39 is 0 Å². The largest absolute Gasteiger partial charge is 0.0996 e. The van der Waals surface area contributed by atoms with Crippen molar-refractivity contribution in [2.24, 2.45) is 11.8 Å². The predicted molar refractivity (Wildman–Crippen MR) is 207 cm³/mol. The summed E-state index contributed by atoms with van der Waals surface area (Å²) < 4.78 is 0. The predicted octanol–water partition coefficient (Wildman–Crippen LogP) is 15.3. The van der Waals surface area contributed by atoms with Crippen molar-refractivity contribution in [3.63, 3.8) is 0 Å². The Hall–Kier alpha value is -2.34. The van der Waals surface area contributed by atoms with Gasteiger partial charge in [-0.05, 0) is 178 Å². The van der Waals surface area contributed by atoms with Gasteiger partial charge >= 0.3 is 0 Å². The first kappa shape index (κ1) is 40.7. The zero-order valence-corrected chi connectivity index (χ0v) is 31.8. The van der Waals surface area contributed by atoms with Gasteiger partial charge in [0.1, 0.15) is 0 Å². The van der Waals surface area contributed by atoms with Crippen LogP contribution in [0.2, 0.25) is 0 Å². The minimum absolute atomic E-state index is 0.749. The number of allylic oxidation sites excluding steroid dienone is 17. The molecule has 0 heteroatoms. The van der Waals surface area contributed by atoms with Crippen molar-refractivity contribution in [2.75, 3.05) is 0 Å².